The Balaban J connectivity index is 0.000000397. The number of hydrazine groups is 1. The highest BCUT2D eigenvalue weighted by Crippen LogP contribution is 2.31. The lowest BCUT2D eigenvalue weighted by Crippen LogP contribution is -2.33. The zero-order valence-corrected chi connectivity index (χ0v) is 47.3. The molecule has 3 atom stereocenters. The van der Waals surface area contributed by atoms with Gasteiger partial charge in [-0.1, -0.05) is 60.7 Å². The Kier molecular flexibility index (Phi) is 32.8. The van der Waals surface area contributed by atoms with E-state index in [-0.39, 0.29) is 77.2 Å². The highest BCUT2D eigenvalue weighted by atomic mass is 19.3. The van der Waals surface area contributed by atoms with Crippen molar-refractivity contribution in [2.24, 2.45) is 5.84 Å². The average Bonchev–Trinajstić information content (AvgIpc) is 4.15. The summed E-state index contributed by atoms with van der Waals surface area (Å²) < 4.78 is 225. The first-order valence-corrected chi connectivity index (χ1v) is 25.8. The number of esters is 1. The predicted molar refractivity (Wildman–Crippen MR) is 286 cm³/mol. The number of hydrogen-bond acceptors (Lipinski definition) is 17. The van der Waals surface area contributed by atoms with Crippen LogP contribution in [0.5, 0.6) is 28.7 Å². The van der Waals surface area contributed by atoms with Crippen LogP contribution in [0.2, 0.25) is 0 Å². The van der Waals surface area contributed by atoms with Gasteiger partial charge in [0.05, 0.1) is 44.2 Å². The second kappa shape index (κ2) is 38.1. The summed E-state index contributed by atoms with van der Waals surface area (Å²) >= 11 is 0. The Morgan fingerprint density at radius 3 is 1.22 bits per heavy atom. The van der Waals surface area contributed by atoms with E-state index in [9.17, 15) is 105 Å². The number of aryl methyl sites for hydroxylation is 1. The summed E-state index contributed by atoms with van der Waals surface area (Å²) in [6, 6.07) is 27.7. The maximum absolute atomic E-state index is 12.8. The summed E-state index contributed by atoms with van der Waals surface area (Å²) in [6.45, 7) is -2.48. The highest BCUT2D eigenvalue weighted by molar-refractivity contribution is 5.76. The number of carbonyl (C=O) groups is 4. The van der Waals surface area contributed by atoms with Crippen LogP contribution in [0.25, 0.3) is 0 Å². The number of nitrogens with zero attached hydrogens (tertiary/aromatic N) is 2. The van der Waals surface area contributed by atoms with Crippen LogP contribution in [-0.2, 0) is 20.7 Å². The van der Waals surface area contributed by atoms with Crippen LogP contribution in [0.4, 0.5) is 70.2 Å². The Morgan fingerprint density at radius 1 is 0.538 bits per heavy atom. The van der Waals surface area contributed by atoms with Crippen molar-refractivity contribution in [2.75, 3.05) is 33.0 Å². The minimum Gasteiger partial charge on any atom is -0.508 e. The van der Waals surface area contributed by atoms with E-state index in [0.717, 1.165) is 0 Å². The number of nitrogens with two attached hydrogens (primary N) is 1. The molecule has 0 aliphatic rings. The number of ether oxygens (including phenoxy) is 5. The number of alkyl halides is 16. The third-order valence-corrected chi connectivity index (χ3v) is 10.9. The first-order chi connectivity index (χ1) is 42.6. The Hall–Kier alpha value is -8.76. The maximum Gasteiger partial charge on any atom is 0.340 e. The van der Waals surface area contributed by atoms with Gasteiger partial charge in [0.25, 0.3) is 0 Å². The molecule has 0 aliphatic carbocycles. The van der Waals surface area contributed by atoms with Crippen LogP contribution >= 0.6 is 0 Å². The lowest BCUT2D eigenvalue weighted by molar-refractivity contribution is -0.148. The molecule has 5 aromatic carbocycles. The molecular weight excluding hydrogens is 1270 g/mol. The monoisotopic (exact) mass is 1330 g/mol. The predicted octanol–water partition coefficient (Wildman–Crippen LogP) is 11.2. The van der Waals surface area contributed by atoms with E-state index in [0.29, 0.717) is 29.6 Å². The van der Waals surface area contributed by atoms with Gasteiger partial charge in [0.1, 0.15) is 41.3 Å². The first kappa shape index (κ1) is 78.3. The van der Waals surface area contributed by atoms with Gasteiger partial charge in [-0.2, -0.15) is 35.1 Å². The van der Waals surface area contributed by atoms with E-state index in [4.69, 9.17) is 15.4 Å². The van der Waals surface area contributed by atoms with Crippen molar-refractivity contribution in [2.45, 2.75) is 101 Å². The fourth-order valence-electron chi connectivity index (χ4n) is 6.23. The molecule has 6 rings (SSSR count). The fraction of sp³-hybridized carbons (Fsp3) is 0.368. The van der Waals surface area contributed by atoms with Crippen molar-refractivity contribution in [1.29, 1.82) is 0 Å². The van der Waals surface area contributed by atoms with E-state index in [1.807, 2.05) is 5.43 Å². The van der Waals surface area contributed by atoms with Crippen LogP contribution in [0, 0.1) is 6.92 Å². The van der Waals surface area contributed by atoms with Gasteiger partial charge in [0, 0.05) is 18.1 Å². The molecule has 0 radical (unpaired) electrons. The minimum atomic E-state index is -4.27. The number of aliphatic hydroxyl groups excluding tert-OH is 3. The number of nitrogens with one attached hydrogen (secondary N) is 1. The SMILES string of the molecule is CCOC(=O)CC(O)c1cccc(OCC(F)(F)C(F)F)c1.Cc1nnc(CC(O)c2cccc(OCC(F)(F)C(F)F)c2)o1.NNC(=O)CC(O)c1cccc(OCC(F)(F)C(F)F)c1.O=Cc1cccc(O)c1.O=Cc1cccc(OCC(F)(F)C(F)F)c1. The van der Waals surface area contributed by atoms with Crippen LogP contribution < -0.4 is 30.2 Å². The van der Waals surface area contributed by atoms with Crippen molar-refractivity contribution in [1.82, 2.24) is 15.6 Å². The molecule has 0 saturated carbocycles. The number of aromatic hydroxyl groups is 1. The third-order valence-electron chi connectivity index (χ3n) is 10.9. The standard InChI is InChI=1S/C14H14F4N2O3.C14H16F4O4.C12H14F4N2O3.C10H8F4O2.C7H6O2/c1-8-19-20-12(23-8)6-11(21)9-3-2-4-10(5-9)22-7-14(17,18)13(15)16;1-2-21-12(20)7-11(19)9-4-3-5-10(6-9)22-8-14(17,18)13(15)16;13-11(14)12(15,16)6-21-8-3-1-2-7(4-8)9(19)5-10(20)18-17;11-9(12)10(13,14)6-16-8-3-1-2-7(4-8)5-15;8-5-6-2-1-3-7(9)4-6/h2-5,11,13,21H,6-7H2,1H3;3-6,11,13,19H,2,7-8H2,1H3;1-4,9,11,19H,5-6,17H2,(H,18,20);1-5,9H,6H2;1-5,9H. The van der Waals surface area contributed by atoms with E-state index in [1.165, 1.54) is 109 Å². The Labute approximate surface area is 506 Å². The van der Waals surface area contributed by atoms with Gasteiger partial charge < -0.3 is 48.5 Å². The Bertz CT molecular complexity index is 3150. The highest BCUT2D eigenvalue weighted by Gasteiger charge is 2.44. The van der Waals surface area contributed by atoms with Gasteiger partial charge in [-0.15, -0.1) is 10.2 Å². The van der Waals surface area contributed by atoms with Crippen LogP contribution in [-0.4, -0.2) is 137 Å². The van der Waals surface area contributed by atoms with Crippen molar-refractivity contribution in [3.8, 4) is 28.7 Å². The number of rotatable bonds is 28. The normalized spacial score (nSPS) is 12.5. The van der Waals surface area contributed by atoms with Gasteiger partial charge in [-0.05, 0) is 84.3 Å². The summed E-state index contributed by atoms with van der Waals surface area (Å²) in [5, 5.41) is 45.8. The van der Waals surface area contributed by atoms with Crippen LogP contribution in [0.1, 0.15) is 87.3 Å². The number of carbonyl (C=O) groups excluding carboxylic acids is 4. The molecule has 1 heterocycles. The number of hydrogen-bond donors (Lipinski definition) is 6. The van der Waals surface area contributed by atoms with E-state index >= 15 is 0 Å². The minimum absolute atomic E-state index is 0.0253. The molecule has 502 valence electrons. The number of benzene rings is 5. The average molecular weight is 1330 g/mol. The maximum atomic E-state index is 12.8. The van der Waals surface area contributed by atoms with Gasteiger partial charge >= 0.3 is 55.4 Å². The number of phenolic OH excluding ortho intramolecular Hbond substituents is 1. The second-order valence-electron chi connectivity index (χ2n) is 18.3. The summed E-state index contributed by atoms with van der Waals surface area (Å²) in [5.41, 5.74) is 3.32. The molecular formula is C57H58F16N4O14. The first-order valence-electron chi connectivity index (χ1n) is 25.8. The largest absolute Gasteiger partial charge is 0.508 e. The molecule has 0 spiro atoms. The molecule has 1 aromatic heterocycles. The smallest absolute Gasteiger partial charge is 0.340 e. The topological polar surface area (TPSA) is 272 Å². The fourth-order valence-corrected chi connectivity index (χ4v) is 6.23. The number of aliphatic hydroxyl groups is 3. The molecule has 7 N–H and O–H groups in total. The van der Waals surface area contributed by atoms with E-state index in [1.54, 1.807) is 26.0 Å². The van der Waals surface area contributed by atoms with E-state index in [2.05, 4.69) is 33.9 Å². The molecule has 0 aliphatic heterocycles. The number of aldehydes is 2. The van der Waals surface area contributed by atoms with Crippen molar-refractivity contribution >= 4 is 24.4 Å². The van der Waals surface area contributed by atoms with Gasteiger partial charge in [-0.25, -0.2) is 41.0 Å². The zero-order valence-electron chi connectivity index (χ0n) is 47.3. The molecule has 91 heavy (non-hydrogen) atoms. The Morgan fingerprint density at radius 2 is 0.890 bits per heavy atom. The quantitative estimate of drug-likeness (QED) is 0.00665. The molecule has 34 heteroatoms. The molecule has 1 amide bonds. The molecule has 0 saturated heterocycles. The lowest BCUT2D eigenvalue weighted by atomic mass is 10.1. The number of halogens is 16. The molecule has 3 unspecified atom stereocenters. The van der Waals surface area contributed by atoms with Crippen molar-refractivity contribution in [3.63, 3.8) is 0 Å². The van der Waals surface area contributed by atoms with E-state index < -0.39 is 106 Å². The van der Waals surface area contributed by atoms with Crippen LogP contribution in [0.15, 0.2) is 126 Å². The van der Waals surface area contributed by atoms with Gasteiger partial charge in [0.15, 0.2) is 26.4 Å². The molecule has 0 bridgehead atoms. The van der Waals surface area contributed by atoms with Crippen molar-refractivity contribution < 1.29 is 138 Å². The van der Waals surface area contributed by atoms with Gasteiger partial charge in [-0.3, -0.25) is 24.6 Å². The van der Waals surface area contributed by atoms with Crippen LogP contribution in [0.3, 0.4) is 0 Å². The summed E-state index contributed by atoms with van der Waals surface area (Å²) in [5.74, 6) is -13.0. The third kappa shape index (κ3) is 29.6. The summed E-state index contributed by atoms with van der Waals surface area (Å²) in [7, 11) is 0. The number of aromatic nitrogens is 2. The second-order valence-corrected chi connectivity index (χ2v) is 18.3. The summed E-state index contributed by atoms with van der Waals surface area (Å²) in [4.78, 5) is 42.6. The summed E-state index contributed by atoms with van der Waals surface area (Å²) in [6.07, 6.45) is -18.2. The number of amides is 1. The van der Waals surface area contributed by atoms with Gasteiger partial charge in [0.2, 0.25) is 17.7 Å². The molecule has 6 aromatic rings. The van der Waals surface area contributed by atoms with Crippen molar-refractivity contribution in [3.05, 3.63) is 161 Å². The molecule has 18 nitrogen and oxygen atoms in total. The molecule has 0 fully saturated rings. The lowest BCUT2D eigenvalue weighted by Gasteiger charge is -2.17. The zero-order chi connectivity index (χ0) is 68.7. The number of phenols is 1.